The number of likely N-dealkylation sites (N-methyl/N-ethyl adjacent to an activating group) is 1. The van der Waals surface area contributed by atoms with E-state index in [0.717, 1.165) is 15.8 Å². The van der Waals surface area contributed by atoms with Crippen LogP contribution in [0, 0.1) is 0 Å². The lowest BCUT2D eigenvalue weighted by molar-refractivity contribution is -0.137. The molecule has 1 saturated heterocycles. The quantitative estimate of drug-likeness (QED) is 0.749. The Labute approximate surface area is 120 Å². The summed E-state index contributed by atoms with van der Waals surface area (Å²) in [4.78, 5) is 36.4. The Bertz CT molecular complexity index is 762. The Morgan fingerprint density at radius 1 is 1.29 bits per heavy atom. The number of hydrogen-bond donors (Lipinski definition) is 0. The fourth-order valence-electron chi connectivity index (χ4n) is 2.65. The van der Waals surface area contributed by atoms with Gasteiger partial charge in [-0.15, -0.1) is 0 Å². The van der Waals surface area contributed by atoms with Gasteiger partial charge in [-0.25, -0.2) is 4.79 Å². The highest BCUT2D eigenvalue weighted by Gasteiger charge is 2.37. The molecule has 0 bridgehead atoms. The van der Waals surface area contributed by atoms with Crippen molar-refractivity contribution in [2.75, 3.05) is 14.2 Å². The number of aromatic nitrogens is 1. The lowest BCUT2D eigenvalue weighted by Gasteiger charge is -2.09. The highest BCUT2D eigenvalue weighted by atomic mass is 16.5. The van der Waals surface area contributed by atoms with Gasteiger partial charge in [0.05, 0.1) is 18.5 Å². The smallest absolute Gasteiger partial charge is 0.418 e. The Kier molecular flexibility index (Phi) is 3.01. The molecule has 1 unspecified atom stereocenters. The fraction of sp³-hybridized carbons (Fsp3) is 0.267. The van der Waals surface area contributed by atoms with Crippen LogP contribution in [-0.2, 0) is 14.3 Å². The summed E-state index contributed by atoms with van der Waals surface area (Å²) in [5.41, 5.74) is 1.49. The third-order valence-electron chi connectivity index (χ3n) is 3.87. The van der Waals surface area contributed by atoms with Crippen LogP contribution in [0.5, 0.6) is 0 Å². The Morgan fingerprint density at radius 3 is 2.67 bits per heavy atom. The minimum absolute atomic E-state index is 0.169. The summed E-state index contributed by atoms with van der Waals surface area (Å²) in [6.07, 6.45) is 1.34. The summed E-state index contributed by atoms with van der Waals surface area (Å²) in [7, 11) is 2.82. The molecule has 0 N–H and O–H groups in total. The van der Waals surface area contributed by atoms with Gasteiger partial charge in [-0.05, 0) is 23.8 Å². The summed E-state index contributed by atoms with van der Waals surface area (Å²) < 4.78 is 6.09. The average molecular weight is 286 g/mol. The monoisotopic (exact) mass is 286 g/mol. The molecule has 1 atom stereocenters. The molecule has 1 aromatic heterocycles. The van der Waals surface area contributed by atoms with Crippen molar-refractivity contribution >= 4 is 28.8 Å². The number of nitrogens with zero attached hydrogens (tertiary/aromatic N) is 2. The second-order valence-electron chi connectivity index (χ2n) is 5.02. The molecule has 1 aliphatic heterocycles. The Hall–Kier alpha value is -2.63. The van der Waals surface area contributed by atoms with E-state index in [-0.39, 0.29) is 18.2 Å². The van der Waals surface area contributed by atoms with Gasteiger partial charge in [-0.1, -0.05) is 6.07 Å². The maximum absolute atomic E-state index is 12.0. The van der Waals surface area contributed by atoms with Crippen LogP contribution in [0.25, 0.3) is 10.9 Å². The number of carbonyl (C=O) groups excluding carboxylic acids is 3. The van der Waals surface area contributed by atoms with Crippen LogP contribution < -0.4 is 0 Å². The zero-order chi connectivity index (χ0) is 15.1. The van der Waals surface area contributed by atoms with Crippen molar-refractivity contribution in [2.24, 2.45) is 0 Å². The van der Waals surface area contributed by atoms with Gasteiger partial charge in [0.15, 0.2) is 0 Å². The van der Waals surface area contributed by atoms with Gasteiger partial charge in [0.2, 0.25) is 11.8 Å². The largest absolute Gasteiger partial charge is 0.452 e. The minimum atomic E-state index is -0.468. The maximum atomic E-state index is 12.0. The third-order valence-corrected chi connectivity index (χ3v) is 3.87. The van der Waals surface area contributed by atoms with E-state index >= 15 is 0 Å². The standard InChI is InChI=1S/C15H14N2O4/c1-16-13(18)8-11(14(16)19)9-3-4-12-10(7-9)5-6-17(12)15(20)21-2/h3-7,11H,8H2,1-2H3. The predicted octanol–water partition coefficient (Wildman–Crippen LogP) is 1.73. The number of rotatable bonds is 1. The number of amides is 2. The topological polar surface area (TPSA) is 68.6 Å². The van der Waals surface area contributed by atoms with Crippen molar-refractivity contribution in [1.29, 1.82) is 0 Å². The summed E-state index contributed by atoms with van der Waals surface area (Å²) in [6, 6.07) is 7.15. The lowest BCUT2D eigenvalue weighted by Crippen LogP contribution is -2.25. The van der Waals surface area contributed by atoms with E-state index in [1.165, 1.54) is 18.7 Å². The van der Waals surface area contributed by atoms with Crippen LogP contribution in [0.3, 0.4) is 0 Å². The third kappa shape index (κ3) is 1.99. The molecule has 1 aliphatic rings. The highest BCUT2D eigenvalue weighted by Crippen LogP contribution is 2.31. The number of benzene rings is 1. The van der Waals surface area contributed by atoms with E-state index in [9.17, 15) is 14.4 Å². The van der Waals surface area contributed by atoms with Crippen molar-refractivity contribution in [2.45, 2.75) is 12.3 Å². The molecule has 21 heavy (non-hydrogen) atoms. The molecular weight excluding hydrogens is 272 g/mol. The molecule has 2 heterocycles. The number of fused-ring (bicyclic) bond motifs is 1. The van der Waals surface area contributed by atoms with E-state index in [1.807, 2.05) is 6.07 Å². The van der Waals surface area contributed by atoms with Gasteiger partial charge in [-0.2, -0.15) is 0 Å². The number of methoxy groups -OCH3 is 1. The number of carbonyl (C=O) groups is 3. The van der Waals surface area contributed by atoms with E-state index in [0.29, 0.717) is 5.52 Å². The summed E-state index contributed by atoms with van der Waals surface area (Å²) in [6.45, 7) is 0. The molecule has 3 rings (SSSR count). The van der Waals surface area contributed by atoms with Gasteiger partial charge < -0.3 is 4.74 Å². The normalized spacial score (nSPS) is 18.6. The number of ether oxygens (including phenoxy) is 1. The van der Waals surface area contributed by atoms with Crippen molar-refractivity contribution in [3.05, 3.63) is 36.0 Å². The molecule has 2 amide bonds. The van der Waals surface area contributed by atoms with E-state index in [2.05, 4.69) is 0 Å². The van der Waals surface area contributed by atoms with Gasteiger partial charge in [0.25, 0.3) is 0 Å². The molecule has 6 heteroatoms. The molecule has 108 valence electrons. The van der Waals surface area contributed by atoms with Crippen molar-refractivity contribution in [3.8, 4) is 0 Å². The molecule has 2 aromatic rings. The SMILES string of the molecule is COC(=O)n1ccc2cc(C3CC(=O)N(C)C3=O)ccc21. The van der Waals surface area contributed by atoms with E-state index in [1.54, 1.807) is 24.4 Å². The Balaban J connectivity index is 2.01. The molecule has 0 spiro atoms. The first-order valence-electron chi connectivity index (χ1n) is 6.52. The maximum Gasteiger partial charge on any atom is 0.418 e. The van der Waals surface area contributed by atoms with Gasteiger partial charge >= 0.3 is 6.09 Å². The van der Waals surface area contributed by atoms with Gasteiger partial charge in [0, 0.05) is 25.1 Å². The van der Waals surface area contributed by atoms with E-state index in [4.69, 9.17) is 4.74 Å². The molecular formula is C15H14N2O4. The summed E-state index contributed by atoms with van der Waals surface area (Å²) in [5.74, 6) is -0.794. The Morgan fingerprint density at radius 2 is 2.05 bits per heavy atom. The minimum Gasteiger partial charge on any atom is -0.452 e. The zero-order valence-electron chi connectivity index (χ0n) is 11.7. The molecule has 0 radical (unpaired) electrons. The van der Waals surface area contributed by atoms with Crippen LogP contribution in [-0.4, -0.2) is 41.5 Å². The zero-order valence-corrected chi connectivity index (χ0v) is 11.7. The molecule has 6 nitrogen and oxygen atoms in total. The molecule has 0 aliphatic carbocycles. The second-order valence-corrected chi connectivity index (χ2v) is 5.02. The average Bonchev–Trinajstić information content (AvgIpc) is 3.02. The van der Waals surface area contributed by atoms with Crippen LogP contribution in [0.15, 0.2) is 30.5 Å². The summed E-state index contributed by atoms with van der Waals surface area (Å²) >= 11 is 0. The van der Waals surface area contributed by atoms with Gasteiger partial charge in [-0.3, -0.25) is 19.1 Å². The number of imide groups is 1. The van der Waals surface area contributed by atoms with E-state index < -0.39 is 12.0 Å². The number of likely N-dealkylation sites (tertiary alicyclic amines) is 1. The first kappa shape index (κ1) is 13.4. The van der Waals surface area contributed by atoms with Crippen LogP contribution in [0.2, 0.25) is 0 Å². The lowest BCUT2D eigenvalue weighted by atomic mass is 9.96. The predicted molar refractivity (Wildman–Crippen MR) is 74.9 cm³/mol. The fourth-order valence-corrected chi connectivity index (χ4v) is 2.65. The highest BCUT2D eigenvalue weighted by molar-refractivity contribution is 6.06. The van der Waals surface area contributed by atoms with Crippen molar-refractivity contribution < 1.29 is 19.1 Å². The molecule has 1 fully saturated rings. The van der Waals surface area contributed by atoms with Crippen LogP contribution >= 0.6 is 0 Å². The first-order valence-corrected chi connectivity index (χ1v) is 6.52. The van der Waals surface area contributed by atoms with Crippen LogP contribution in [0.4, 0.5) is 4.79 Å². The van der Waals surface area contributed by atoms with Crippen molar-refractivity contribution in [3.63, 3.8) is 0 Å². The number of hydrogen-bond acceptors (Lipinski definition) is 4. The first-order chi connectivity index (χ1) is 10.0. The van der Waals surface area contributed by atoms with Crippen LogP contribution in [0.1, 0.15) is 17.9 Å². The molecule has 1 aromatic carbocycles. The van der Waals surface area contributed by atoms with Gasteiger partial charge in [0.1, 0.15) is 0 Å². The second kappa shape index (κ2) is 4.73. The summed E-state index contributed by atoms with van der Waals surface area (Å²) in [5, 5.41) is 0.827. The molecule has 0 saturated carbocycles. The van der Waals surface area contributed by atoms with Crippen molar-refractivity contribution in [1.82, 2.24) is 9.47 Å².